The summed E-state index contributed by atoms with van der Waals surface area (Å²) in [5.41, 5.74) is 0.818. The van der Waals surface area contributed by atoms with Gasteiger partial charge in [0.2, 0.25) is 0 Å². The number of hydrogen-bond acceptors (Lipinski definition) is 2. The van der Waals surface area contributed by atoms with Crippen molar-refractivity contribution in [3.8, 4) is 0 Å². The highest BCUT2D eigenvalue weighted by Gasteiger charge is 2.23. The third kappa shape index (κ3) is 4.10. The predicted octanol–water partition coefficient (Wildman–Crippen LogP) is 2.36. The van der Waals surface area contributed by atoms with Gasteiger partial charge in [-0.15, -0.1) is 6.58 Å². The van der Waals surface area contributed by atoms with Crippen LogP contribution in [0.25, 0.3) is 0 Å². The highest BCUT2D eigenvalue weighted by atomic mass is 16.5. The van der Waals surface area contributed by atoms with Gasteiger partial charge in [0.05, 0.1) is 15.7 Å². The summed E-state index contributed by atoms with van der Waals surface area (Å²) in [5, 5.41) is 0. The molecule has 0 N–H and O–H groups in total. The second-order valence-electron chi connectivity index (χ2n) is 4.23. The van der Waals surface area contributed by atoms with Crippen LogP contribution in [0.2, 0.25) is 5.82 Å². The lowest BCUT2D eigenvalue weighted by atomic mass is 9.63. The third-order valence-electron chi connectivity index (χ3n) is 2.66. The molecule has 18 heavy (non-hydrogen) atoms. The average Bonchev–Trinajstić information content (AvgIpc) is 2.38. The molecule has 0 saturated heterocycles. The van der Waals surface area contributed by atoms with Crippen molar-refractivity contribution in [2.45, 2.75) is 31.1 Å². The summed E-state index contributed by atoms with van der Waals surface area (Å²) in [5.74, 6) is -1.91. The molecule has 0 aromatic heterocycles. The Hall–Kier alpha value is -1.44. The lowest BCUT2D eigenvalue weighted by Gasteiger charge is -2.22. The lowest BCUT2D eigenvalue weighted by molar-refractivity contribution is -0.147. The van der Waals surface area contributed by atoms with Gasteiger partial charge in [0.15, 0.2) is 0 Å². The lowest BCUT2D eigenvalue weighted by Crippen LogP contribution is -2.23. The Labute approximate surface area is 111 Å². The Bertz CT molecular complexity index is 392. The van der Waals surface area contributed by atoms with Gasteiger partial charge in [0.1, 0.15) is 6.10 Å². The molecule has 1 aromatic rings. The van der Waals surface area contributed by atoms with E-state index in [1.807, 2.05) is 30.3 Å². The molecule has 0 aliphatic heterocycles. The number of benzene rings is 1. The summed E-state index contributed by atoms with van der Waals surface area (Å²) in [6.07, 6.45) is 2.06. The molecule has 0 aliphatic carbocycles. The molecule has 2 nitrogen and oxygen atoms in total. The summed E-state index contributed by atoms with van der Waals surface area (Å²) in [4.78, 5) is 11.8. The summed E-state index contributed by atoms with van der Waals surface area (Å²) < 4.78 is 5.18. The van der Waals surface area contributed by atoms with Crippen molar-refractivity contribution in [2.75, 3.05) is 0 Å². The molecule has 0 amide bonds. The van der Waals surface area contributed by atoms with Crippen molar-refractivity contribution in [1.29, 1.82) is 0 Å². The van der Waals surface area contributed by atoms with Gasteiger partial charge in [0, 0.05) is 12.2 Å². The minimum atomic E-state index is -0.861. The quantitative estimate of drug-likeness (QED) is 0.432. The maximum Gasteiger partial charge on any atom is 0.300 e. The van der Waals surface area contributed by atoms with E-state index in [4.69, 9.17) is 20.4 Å². The fraction of sp³-hybridized carbons (Fsp3) is 0.357. The molecule has 0 spiro atoms. The SMILES string of the molecule is [B]C(C(=O)OC(C)CC=C)C([B])c1ccccc1. The van der Waals surface area contributed by atoms with Gasteiger partial charge < -0.3 is 4.74 Å². The Balaban J connectivity index is 2.61. The summed E-state index contributed by atoms with van der Waals surface area (Å²) in [6.45, 7) is 5.38. The van der Waals surface area contributed by atoms with Gasteiger partial charge in [-0.1, -0.05) is 42.0 Å². The van der Waals surface area contributed by atoms with Crippen molar-refractivity contribution >= 4 is 21.7 Å². The Morgan fingerprint density at radius 3 is 2.56 bits per heavy atom. The van der Waals surface area contributed by atoms with Gasteiger partial charge in [-0.2, -0.15) is 0 Å². The largest absolute Gasteiger partial charge is 0.463 e. The number of carbonyl (C=O) groups excluding carboxylic acids is 1. The first-order valence-electron chi connectivity index (χ1n) is 5.93. The molecular formula is C14H16B2O2. The van der Waals surface area contributed by atoms with Crippen LogP contribution in [0.4, 0.5) is 0 Å². The van der Waals surface area contributed by atoms with Gasteiger partial charge in [-0.25, -0.2) is 0 Å². The number of rotatable bonds is 6. The van der Waals surface area contributed by atoms with E-state index in [1.165, 1.54) is 0 Å². The molecule has 4 radical (unpaired) electrons. The molecule has 1 rings (SSSR count). The topological polar surface area (TPSA) is 26.3 Å². The fourth-order valence-electron chi connectivity index (χ4n) is 1.59. The zero-order valence-corrected chi connectivity index (χ0v) is 10.6. The molecule has 3 unspecified atom stereocenters. The number of hydrogen-bond donors (Lipinski definition) is 0. The van der Waals surface area contributed by atoms with E-state index in [0.29, 0.717) is 6.42 Å². The summed E-state index contributed by atoms with van der Waals surface area (Å²) in [6, 6.07) is 9.27. The molecule has 1 aromatic carbocycles. The molecule has 4 heteroatoms. The van der Waals surface area contributed by atoms with Crippen LogP contribution in [-0.4, -0.2) is 27.8 Å². The average molecular weight is 238 g/mol. The summed E-state index contributed by atoms with van der Waals surface area (Å²) >= 11 is 0. The van der Waals surface area contributed by atoms with E-state index in [9.17, 15) is 4.79 Å². The normalized spacial score (nSPS) is 15.4. The molecule has 3 atom stereocenters. The van der Waals surface area contributed by atoms with Crippen LogP contribution in [0.1, 0.15) is 24.7 Å². The maximum atomic E-state index is 11.8. The van der Waals surface area contributed by atoms with Crippen LogP contribution in [-0.2, 0) is 9.53 Å². The number of carbonyl (C=O) groups is 1. The van der Waals surface area contributed by atoms with Crippen LogP contribution >= 0.6 is 0 Å². The van der Waals surface area contributed by atoms with Crippen LogP contribution in [0.15, 0.2) is 43.0 Å². The van der Waals surface area contributed by atoms with Crippen molar-refractivity contribution in [2.24, 2.45) is 0 Å². The Morgan fingerprint density at radius 2 is 2.00 bits per heavy atom. The maximum absolute atomic E-state index is 11.8. The van der Waals surface area contributed by atoms with Crippen LogP contribution in [0.5, 0.6) is 0 Å². The second-order valence-corrected chi connectivity index (χ2v) is 4.23. The van der Waals surface area contributed by atoms with E-state index >= 15 is 0 Å². The van der Waals surface area contributed by atoms with Crippen molar-refractivity contribution in [3.05, 3.63) is 48.6 Å². The van der Waals surface area contributed by atoms with E-state index < -0.39 is 17.6 Å². The monoisotopic (exact) mass is 238 g/mol. The van der Waals surface area contributed by atoms with Gasteiger partial charge in [0.25, 0.3) is 5.97 Å². The predicted molar refractivity (Wildman–Crippen MR) is 74.8 cm³/mol. The Kier molecular flexibility index (Phi) is 5.76. The molecular weight excluding hydrogens is 222 g/mol. The number of esters is 1. The third-order valence-corrected chi connectivity index (χ3v) is 2.66. The van der Waals surface area contributed by atoms with Crippen LogP contribution in [0, 0.1) is 0 Å². The minimum absolute atomic E-state index is 0.232. The highest BCUT2D eigenvalue weighted by Crippen LogP contribution is 2.25. The smallest absolute Gasteiger partial charge is 0.300 e. The van der Waals surface area contributed by atoms with Crippen LogP contribution in [0.3, 0.4) is 0 Å². The molecule has 0 fully saturated rings. The van der Waals surface area contributed by atoms with E-state index in [2.05, 4.69) is 6.58 Å². The molecule has 0 aliphatic rings. The van der Waals surface area contributed by atoms with Gasteiger partial charge in [-0.05, 0) is 12.7 Å². The van der Waals surface area contributed by atoms with E-state index in [0.717, 1.165) is 5.56 Å². The zero-order chi connectivity index (χ0) is 13.5. The molecule has 0 saturated carbocycles. The van der Waals surface area contributed by atoms with Crippen molar-refractivity contribution < 1.29 is 9.53 Å². The van der Waals surface area contributed by atoms with Gasteiger partial charge in [-0.3, -0.25) is 4.79 Å². The zero-order valence-electron chi connectivity index (χ0n) is 10.6. The summed E-state index contributed by atoms with van der Waals surface area (Å²) in [7, 11) is 11.8. The number of ether oxygens (including phenoxy) is 1. The fourth-order valence-corrected chi connectivity index (χ4v) is 1.59. The van der Waals surface area contributed by atoms with Crippen molar-refractivity contribution in [3.63, 3.8) is 0 Å². The van der Waals surface area contributed by atoms with Crippen LogP contribution < -0.4 is 0 Å². The van der Waals surface area contributed by atoms with Gasteiger partial charge >= 0.3 is 0 Å². The van der Waals surface area contributed by atoms with Crippen molar-refractivity contribution in [1.82, 2.24) is 0 Å². The molecule has 90 valence electrons. The standard InChI is InChI=1S/C14H16B2O2/c1-3-7-10(2)18-14(17)13(16)12(15)11-8-5-4-6-9-11/h3-6,8-10,12-13H,1,7H2,2H3. The van der Waals surface area contributed by atoms with E-state index in [1.54, 1.807) is 13.0 Å². The first kappa shape index (κ1) is 14.6. The highest BCUT2D eigenvalue weighted by molar-refractivity contribution is 6.29. The first-order valence-corrected chi connectivity index (χ1v) is 5.93. The molecule has 0 heterocycles. The second kappa shape index (κ2) is 7.10. The molecule has 0 bridgehead atoms. The Morgan fingerprint density at radius 1 is 1.39 bits per heavy atom. The van der Waals surface area contributed by atoms with E-state index in [-0.39, 0.29) is 6.10 Å². The minimum Gasteiger partial charge on any atom is -0.463 e. The first-order chi connectivity index (χ1) is 8.56.